The van der Waals surface area contributed by atoms with Crippen molar-refractivity contribution in [2.24, 2.45) is 0 Å². The van der Waals surface area contributed by atoms with Crippen LogP contribution in [-0.4, -0.2) is 22.1 Å². The number of hydrogen-bond acceptors (Lipinski definition) is 4. The van der Waals surface area contributed by atoms with Crippen LogP contribution in [0.25, 0.3) is 0 Å². The summed E-state index contributed by atoms with van der Waals surface area (Å²) in [5, 5.41) is 14.5. The Morgan fingerprint density at radius 1 is 0.958 bits per heavy atom. The van der Waals surface area contributed by atoms with Crippen molar-refractivity contribution < 1.29 is 4.79 Å². The number of carbonyl (C=O) groups is 1. The molecular formula is C19H24N4O. The van der Waals surface area contributed by atoms with Gasteiger partial charge >= 0.3 is 0 Å². The largest absolute Gasteiger partial charge is 0.366 e. The summed E-state index contributed by atoms with van der Waals surface area (Å²) in [6.45, 7) is 0.490. The van der Waals surface area contributed by atoms with Gasteiger partial charge < -0.3 is 10.6 Å². The zero-order valence-corrected chi connectivity index (χ0v) is 13.9. The van der Waals surface area contributed by atoms with Crippen LogP contribution < -0.4 is 10.6 Å². The minimum atomic E-state index is -0.202. The highest BCUT2D eigenvalue weighted by Gasteiger charge is 2.13. The lowest BCUT2D eigenvalue weighted by atomic mass is 10.1. The summed E-state index contributed by atoms with van der Waals surface area (Å²) >= 11 is 0. The molecule has 0 aliphatic heterocycles. The summed E-state index contributed by atoms with van der Waals surface area (Å²) in [7, 11) is 0. The maximum atomic E-state index is 12.1. The predicted molar refractivity (Wildman–Crippen MR) is 94.8 cm³/mol. The molecule has 0 atom stereocenters. The average Bonchev–Trinajstić information content (AvgIpc) is 2.90. The number of anilines is 1. The van der Waals surface area contributed by atoms with Crippen molar-refractivity contribution in [1.29, 1.82) is 0 Å². The van der Waals surface area contributed by atoms with Crippen LogP contribution in [-0.2, 0) is 6.54 Å². The van der Waals surface area contributed by atoms with Gasteiger partial charge in [-0.3, -0.25) is 4.79 Å². The lowest BCUT2D eigenvalue weighted by Crippen LogP contribution is -2.24. The van der Waals surface area contributed by atoms with Crippen LogP contribution in [0.2, 0.25) is 0 Å². The predicted octanol–water partition coefficient (Wildman–Crippen LogP) is 3.54. The first-order valence-electron chi connectivity index (χ1n) is 8.73. The van der Waals surface area contributed by atoms with E-state index in [4.69, 9.17) is 0 Å². The molecule has 1 fully saturated rings. The second-order valence-electron chi connectivity index (χ2n) is 6.30. The van der Waals surface area contributed by atoms with Gasteiger partial charge in [0.05, 0.1) is 0 Å². The van der Waals surface area contributed by atoms with Gasteiger partial charge in [-0.15, -0.1) is 10.2 Å². The topological polar surface area (TPSA) is 66.9 Å². The Bertz CT molecular complexity index is 634. The van der Waals surface area contributed by atoms with Gasteiger partial charge in [-0.25, -0.2) is 0 Å². The van der Waals surface area contributed by atoms with E-state index in [2.05, 4.69) is 20.8 Å². The van der Waals surface area contributed by atoms with Crippen LogP contribution in [0.1, 0.15) is 54.6 Å². The Morgan fingerprint density at radius 2 is 1.71 bits per heavy atom. The van der Waals surface area contributed by atoms with E-state index in [1.165, 1.54) is 38.5 Å². The third kappa shape index (κ3) is 4.78. The smallest absolute Gasteiger partial charge is 0.272 e. The molecule has 1 amide bonds. The number of nitrogens with zero attached hydrogens (tertiary/aromatic N) is 2. The summed E-state index contributed by atoms with van der Waals surface area (Å²) < 4.78 is 0. The van der Waals surface area contributed by atoms with Gasteiger partial charge in [-0.2, -0.15) is 0 Å². The highest BCUT2D eigenvalue weighted by atomic mass is 16.1. The molecule has 2 N–H and O–H groups in total. The minimum absolute atomic E-state index is 0.202. The molecule has 24 heavy (non-hydrogen) atoms. The summed E-state index contributed by atoms with van der Waals surface area (Å²) in [4.78, 5) is 12.1. The van der Waals surface area contributed by atoms with E-state index in [-0.39, 0.29) is 5.91 Å². The van der Waals surface area contributed by atoms with Gasteiger partial charge in [-0.05, 0) is 30.5 Å². The molecule has 1 aliphatic rings. The molecule has 0 radical (unpaired) electrons. The number of nitrogens with one attached hydrogen (secondary N) is 2. The van der Waals surface area contributed by atoms with Gasteiger partial charge in [0.1, 0.15) is 5.82 Å². The first-order chi connectivity index (χ1) is 11.8. The number of amides is 1. The lowest BCUT2D eigenvalue weighted by molar-refractivity contribution is 0.0945. The number of hydrogen-bond donors (Lipinski definition) is 2. The normalized spacial score (nSPS) is 15.5. The molecule has 1 saturated carbocycles. The van der Waals surface area contributed by atoms with Gasteiger partial charge in [0.25, 0.3) is 5.91 Å². The fraction of sp³-hybridized carbons (Fsp3) is 0.421. The summed E-state index contributed by atoms with van der Waals surface area (Å²) in [5.41, 5.74) is 1.41. The van der Waals surface area contributed by atoms with Crippen molar-refractivity contribution in [2.45, 2.75) is 51.1 Å². The molecule has 3 rings (SSSR count). The Balaban J connectivity index is 1.52. The van der Waals surface area contributed by atoms with Gasteiger partial charge in [-0.1, -0.05) is 56.0 Å². The third-order valence-electron chi connectivity index (χ3n) is 4.40. The summed E-state index contributed by atoms with van der Waals surface area (Å²) in [5.74, 6) is 0.550. The summed E-state index contributed by atoms with van der Waals surface area (Å²) in [6.07, 6.45) is 7.55. The van der Waals surface area contributed by atoms with Crippen molar-refractivity contribution in [3.8, 4) is 0 Å². The van der Waals surface area contributed by atoms with Crippen LogP contribution in [0.15, 0.2) is 42.5 Å². The van der Waals surface area contributed by atoms with E-state index in [0.717, 1.165) is 11.4 Å². The molecule has 1 heterocycles. The molecule has 0 bridgehead atoms. The second kappa shape index (κ2) is 8.43. The van der Waals surface area contributed by atoms with Crippen molar-refractivity contribution >= 4 is 11.7 Å². The number of rotatable bonds is 5. The SMILES string of the molecule is O=C(NCc1ccccc1)c1ccc(NC2CCCCCC2)nn1. The highest BCUT2D eigenvalue weighted by Crippen LogP contribution is 2.20. The molecule has 0 saturated heterocycles. The Hall–Kier alpha value is -2.43. The molecule has 126 valence electrons. The highest BCUT2D eigenvalue weighted by molar-refractivity contribution is 5.92. The maximum Gasteiger partial charge on any atom is 0.272 e. The maximum absolute atomic E-state index is 12.1. The molecule has 1 aromatic carbocycles. The average molecular weight is 324 g/mol. The van der Waals surface area contributed by atoms with E-state index < -0.39 is 0 Å². The molecule has 1 aliphatic carbocycles. The molecule has 5 heteroatoms. The fourth-order valence-corrected chi connectivity index (χ4v) is 3.03. The molecular weight excluding hydrogens is 300 g/mol. The Morgan fingerprint density at radius 3 is 2.38 bits per heavy atom. The van der Waals surface area contributed by atoms with E-state index in [1.807, 2.05) is 36.4 Å². The van der Waals surface area contributed by atoms with Crippen LogP contribution in [0.3, 0.4) is 0 Å². The minimum Gasteiger partial charge on any atom is -0.366 e. The van der Waals surface area contributed by atoms with Crippen molar-refractivity contribution in [3.05, 3.63) is 53.7 Å². The standard InChI is InChI=1S/C19H24N4O/c24-19(20-14-15-8-4-3-5-9-15)17-12-13-18(23-22-17)21-16-10-6-1-2-7-11-16/h3-5,8-9,12-13,16H,1-2,6-7,10-11,14H2,(H,20,24)(H,21,23). The monoisotopic (exact) mass is 324 g/mol. The Labute approximate surface area is 142 Å². The van der Waals surface area contributed by atoms with Crippen molar-refractivity contribution in [2.75, 3.05) is 5.32 Å². The Kier molecular flexibility index (Phi) is 5.77. The number of aromatic nitrogens is 2. The van der Waals surface area contributed by atoms with Crippen LogP contribution in [0.4, 0.5) is 5.82 Å². The van der Waals surface area contributed by atoms with Gasteiger partial charge in [0.15, 0.2) is 5.69 Å². The molecule has 2 aromatic rings. The van der Waals surface area contributed by atoms with E-state index in [1.54, 1.807) is 6.07 Å². The third-order valence-corrected chi connectivity index (χ3v) is 4.40. The van der Waals surface area contributed by atoms with Crippen LogP contribution >= 0.6 is 0 Å². The van der Waals surface area contributed by atoms with Crippen molar-refractivity contribution in [3.63, 3.8) is 0 Å². The zero-order chi connectivity index (χ0) is 16.6. The quantitative estimate of drug-likeness (QED) is 0.826. The molecule has 0 spiro atoms. The first kappa shape index (κ1) is 16.4. The van der Waals surface area contributed by atoms with Crippen LogP contribution in [0, 0.1) is 0 Å². The van der Waals surface area contributed by atoms with Gasteiger partial charge in [0, 0.05) is 12.6 Å². The first-order valence-corrected chi connectivity index (χ1v) is 8.73. The number of benzene rings is 1. The molecule has 1 aromatic heterocycles. The number of carbonyl (C=O) groups excluding carboxylic acids is 1. The van der Waals surface area contributed by atoms with E-state index in [0.29, 0.717) is 18.3 Å². The molecule has 0 unspecified atom stereocenters. The van der Waals surface area contributed by atoms with Crippen LogP contribution in [0.5, 0.6) is 0 Å². The van der Waals surface area contributed by atoms with Gasteiger partial charge in [0.2, 0.25) is 0 Å². The molecule has 5 nitrogen and oxygen atoms in total. The lowest BCUT2D eigenvalue weighted by Gasteiger charge is -2.16. The fourth-order valence-electron chi connectivity index (χ4n) is 3.03. The van der Waals surface area contributed by atoms with E-state index in [9.17, 15) is 4.79 Å². The summed E-state index contributed by atoms with van der Waals surface area (Å²) in [6, 6.07) is 13.9. The second-order valence-corrected chi connectivity index (χ2v) is 6.30. The van der Waals surface area contributed by atoms with Crippen molar-refractivity contribution in [1.82, 2.24) is 15.5 Å². The zero-order valence-electron chi connectivity index (χ0n) is 13.9. The van der Waals surface area contributed by atoms with E-state index >= 15 is 0 Å².